The molecule has 3 rings (SSSR count). The summed E-state index contributed by atoms with van der Waals surface area (Å²) in [7, 11) is 0. The van der Waals surface area contributed by atoms with E-state index in [4.69, 9.17) is 5.73 Å². The van der Waals surface area contributed by atoms with Crippen LogP contribution in [0.15, 0.2) is 55.0 Å². The molecule has 3 aromatic rings. The Labute approximate surface area is 119 Å². The van der Waals surface area contributed by atoms with Gasteiger partial charge in [-0.05, 0) is 48.0 Å². The summed E-state index contributed by atoms with van der Waals surface area (Å²) in [5.41, 5.74) is 9.64. The minimum atomic E-state index is 0.687. The molecule has 0 saturated heterocycles. The maximum absolute atomic E-state index is 5.72. The van der Waals surface area contributed by atoms with Crippen LogP contribution in [-0.2, 0) is 19.4 Å². The molecule has 2 N–H and O–H groups in total. The largest absolute Gasteiger partial charge is 0.347 e. The van der Waals surface area contributed by atoms with E-state index >= 15 is 0 Å². The SMILES string of the molecule is NCCc1cccc2ccn(CCc3cccnc3)c12. The summed E-state index contributed by atoms with van der Waals surface area (Å²) in [5, 5.41) is 1.29. The first-order valence-electron chi connectivity index (χ1n) is 7.04. The number of pyridine rings is 1. The van der Waals surface area contributed by atoms with Gasteiger partial charge in [0, 0.05) is 25.1 Å². The summed E-state index contributed by atoms with van der Waals surface area (Å²) >= 11 is 0. The van der Waals surface area contributed by atoms with E-state index in [1.807, 2.05) is 18.5 Å². The Bertz CT molecular complexity index is 686. The molecule has 0 unspecified atom stereocenters. The van der Waals surface area contributed by atoms with E-state index in [1.54, 1.807) is 0 Å². The molecular weight excluding hydrogens is 246 g/mol. The molecule has 0 aliphatic heterocycles. The van der Waals surface area contributed by atoms with Crippen LogP contribution in [0, 0.1) is 0 Å². The molecule has 0 aliphatic carbocycles. The highest BCUT2D eigenvalue weighted by atomic mass is 15.0. The molecule has 0 aliphatic rings. The second-order valence-corrected chi connectivity index (χ2v) is 5.01. The van der Waals surface area contributed by atoms with E-state index in [-0.39, 0.29) is 0 Å². The van der Waals surface area contributed by atoms with Crippen LogP contribution in [0.1, 0.15) is 11.1 Å². The number of fused-ring (bicyclic) bond motifs is 1. The maximum Gasteiger partial charge on any atom is 0.0513 e. The number of para-hydroxylation sites is 1. The van der Waals surface area contributed by atoms with Crippen LogP contribution in [0.4, 0.5) is 0 Å². The van der Waals surface area contributed by atoms with Crippen LogP contribution in [0.5, 0.6) is 0 Å². The monoisotopic (exact) mass is 265 g/mol. The summed E-state index contributed by atoms with van der Waals surface area (Å²) in [5.74, 6) is 0. The molecule has 20 heavy (non-hydrogen) atoms. The van der Waals surface area contributed by atoms with Crippen molar-refractivity contribution < 1.29 is 0 Å². The zero-order chi connectivity index (χ0) is 13.8. The van der Waals surface area contributed by atoms with E-state index in [9.17, 15) is 0 Å². The summed E-state index contributed by atoms with van der Waals surface area (Å²) in [6.07, 6.45) is 7.84. The number of aromatic nitrogens is 2. The Hall–Kier alpha value is -2.13. The maximum atomic E-state index is 5.72. The highest BCUT2D eigenvalue weighted by Crippen LogP contribution is 2.21. The van der Waals surface area contributed by atoms with E-state index in [1.165, 1.54) is 22.0 Å². The number of hydrogen-bond acceptors (Lipinski definition) is 2. The lowest BCUT2D eigenvalue weighted by atomic mass is 10.1. The fourth-order valence-corrected chi connectivity index (χ4v) is 2.68. The van der Waals surface area contributed by atoms with Crippen molar-refractivity contribution in [2.45, 2.75) is 19.4 Å². The highest BCUT2D eigenvalue weighted by Gasteiger charge is 2.06. The number of nitrogens with zero attached hydrogens (tertiary/aromatic N) is 2. The summed E-state index contributed by atoms with van der Waals surface area (Å²) < 4.78 is 2.33. The molecule has 1 aromatic carbocycles. The molecule has 0 bridgehead atoms. The first kappa shape index (κ1) is 12.9. The van der Waals surface area contributed by atoms with Crippen molar-refractivity contribution >= 4 is 10.9 Å². The molecule has 0 spiro atoms. The van der Waals surface area contributed by atoms with E-state index in [0.717, 1.165) is 19.4 Å². The fourth-order valence-electron chi connectivity index (χ4n) is 2.68. The van der Waals surface area contributed by atoms with Crippen LogP contribution in [0.3, 0.4) is 0 Å². The molecule has 0 atom stereocenters. The van der Waals surface area contributed by atoms with Crippen LogP contribution >= 0.6 is 0 Å². The first-order valence-corrected chi connectivity index (χ1v) is 7.04. The van der Waals surface area contributed by atoms with Gasteiger partial charge in [0.1, 0.15) is 0 Å². The lowest BCUT2D eigenvalue weighted by Crippen LogP contribution is -2.06. The average molecular weight is 265 g/mol. The third-order valence-corrected chi connectivity index (χ3v) is 3.65. The average Bonchev–Trinajstić information content (AvgIpc) is 2.91. The van der Waals surface area contributed by atoms with E-state index < -0.39 is 0 Å². The second-order valence-electron chi connectivity index (χ2n) is 5.01. The zero-order valence-electron chi connectivity index (χ0n) is 11.5. The van der Waals surface area contributed by atoms with Gasteiger partial charge in [-0.1, -0.05) is 24.3 Å². The molecule has 0 radical (unpaired) electrons. The van der Waals surface area contributed by atoms with Crippen molar-refractivity contribution in [2.75, 3.05) is 6.54 Å². The Morgan fingerprint density at radius 2 is 2.00 bits per heavy atom. The quantitative estimate of drug-likeness (QED) is 0.771. The summed E-state index contributed by atoms with van der Waals surface area (Å²) in [6, 6.07) is 12.7. The van der Waals surface area contributed by atoms with Crippen LogP contribution < -0.4 is 5.73 Å². The standard InChI is InChI=1S/C17H19N3/c18-9-6-15-4-1-5-16-8-12-20(17(15)16)11-7-14-3-2-10-19-13-14/h1-5,8,10,12-13H,6-7,9,11,18H2. The predicted octanol–water partition coefficient (Wildman–Crippen LogP) is 2.78. The first-order chi connectivity index (χ1) is 9.88. The molecular formula is C17H19N3. The van der Waals surface area contributed by atoms with Gasteiger partial charge >= 0.3 is 0 Å². The van der Waals surface area contributed by atoms with Gasteiger partial charge < -0.3 is 10.3 Å². The van der Waals surface area contributed by atoms with E-state index in [2.05, 4.69) is 46.1 Å². The topological polar surface area (TPSA) is 43.8 Å². The van der Waals surface area contributed by atoms with Crippen LogP contribution in [0.25, 0.3) is 10.9 Å². The smallest absolute Gasteiger partial charge is 0.0513 e. The fraction of sp³-hybridized carbons (Fsp3) is 0.235. The van der Waals surface area contributed by atoms with Crippen molar-refractivity contribution in [3.63, 3.8) is 0 Å². The number of rotatable bonds is 5. The van der Waals surface area contributed by atoms with Gasteiger partial charge in [-0.25, -0.2) is 0 Å². The molecule has 3 nitrogen and oxygen atoms in total. The summed E-state index contributed by atoms with van der Waals surface area (Å²) in [6.45, 7) is 1.66. The molecule has 0 amide bonds. The van der Waals surface area contributed by atoms with Crippen molar-refractivity contribution in [2.24, 2.45) is 5.73 Å². The van der Waals surface area contributed by atoms with Crippen LogP contribution in [-0.4, -0.2) is 16.1 Å². The van der Waals surface area contributed by atoms with Gasteiger partial charge in [0.05, 0.1) is 5.52 Å². The third-order valence-electron chi connectivity index (χ3n) is 3.65. The highest BCUT2D eigenvalue weighted by molar-refractivity contribution is 5.83. The normalized spacial score (nSPS) is 11.1. The Kier molecular flexibility index (Phi) is 3.79. The van der Waals surface area contributed by atoms with Gasteiger partial charge in [-0.2, -0.15) is 0 Å². The van der Waals surface area contributed by atoms with E-state index in [0.29, 0.717) is 6.54 Å². The number of nitrogens with two attached hydrogens (primary N) is 1. The lowest BCUT2D eigenvalue weighted by molar-refractivity contribution is 0.718. The molecule has 0 saturated carbocycles. The minimum Gasteiger partial charge on any atom is -0.347 e. The Balaban J connectivity index is 1.88. The second kappa shape index (κ2) is 5.88. The number of benzene rings is 1. The van der Waals surface area contributed by atoms with Crippen molar-refractivity contribution in [1.29, 1.82) is 0 Å². The third kappa shape index (κ3) is 2.58. The Morgan fingerprint density at radius 3 is 2.80 bits per heavy atom. The number of hydrogen-bond donors (Lipinski definition) is 1. The molecule has 0 fully saturated rings. The van der Waals surface area contributed by atoms with Crippen LogP contribution in [0.2, 0.25) is 0 Å². The van der Waals surface area contributed by atoms with Gasteiger partial charge in [0.15, 0.2) is 0 Å². The van der Waals surface area contributed by atoms with Gasteiger partial charge in [0.2, 0.25) is 0 Å². The molecule has 2 aromatic heterocycles. The molecule has 102 valence electrons. The van der Waals surface area contributed by atoms with Gasteiger partial charge in [0.25, 0.3) is 0 Å². The van der Waals surface area contributed by atoms with Crippen molar-refractivity contribution in [3.05, 3.63) is 66.1 Å². The number of aryl methyl sites for hydroxylation is 2. The lowest BCUT2D eigenvalue weighted by Gasteiger charge is -2.09. The summed E-state index contributed by atoms with van der Waals surface area (Å²) in [4.78, 5) is 4.17. The van der Waals surface area contributed by atoms with Crippen molar-refractivity contribution in [3.8, 4) is 0 Å². The zero-order valence-corrected chi connectivity index (χ0v) is 11.5. The van der Waals surface area contributed by atoms with Crippen molar-refractivity contribution in [1.82, 2.24) is 9.55 Å². The predicted molar refractivity (Wildman–Crippen MR) is 82.6 cm³/mol. The van der Waals surface area contributed by atoms with Gasteiger partial charge in [-0.3, -0.25) is 4.98 Å². The molecule has 3 heteroatoms. The Morgan fingerprint density at radius 1 is 1.05 bits per heavy atom. The van der Waals surface area contributed by atoms with Gasteiger partial charge in [-0.15, -0.1) is 0 Å². The minimum absolute atomic E-state index is 0.687. The molecule has 2 heterocycles.